The highest BCUT2D eigenvalue weighted by Crippen LogP contribution is 2.30. The Morgan fingerprint density at radius 3 is 2.71 bits per heavy atom. The number of imide groups is 1. The number of urea groups is 1. The van der Waals surface area contributed by atoms with Crippen LogP contribution in [0.4, 0.5) is 4.79 Å². The van der Waals surface area contributed by atoms with Crippen LogP contribution in [0.15, 0.2) is 30.3 Å². The molecule has 0 unspecified atom stereocenters. The minimum Gasteiger partial charge on any atom is -0.356 e. The van der Waals surface area contributed by atoms with Crippen molar-refractivity contribution >= 4 is 17.8 Å². The standard InChI is InChI=1S/C24H34N4O3/c29-22(25-17-19-9-6-15-27-14-5-4-10-21(19)27)12-11-20-23(30)28(24(31)26-20)16-13-18-7-2-1-3-8-18/h1-3,7-8,19-21H,4-6,9-17H2,(H,25,29)(H,26,31)/t19-,20+,21+/m0/s1. The summed E-state index contributed by atoms with van der Waals surface area (Å²) in [5, 5.41) is 5.83. The van der Waals surface area contributed by atoms with E-state index in [4.69, 9.17) is 0 Å². The van der Waals surface area contributed by atoms with Crippen LogP contribution in [0, 0.1) is 5.92 Å². The highest BCUT2D eigenvalue weighted by atomic mass is 16.2. The molecule has 3 aliphatic heterocycles. The van der Waals surface area contributed by atoms with E-state index in [0.29, 0.717) is 37.9 Å². The van der Waals surface area contributed by atoms with Crippen molar-refractivity contribution in [3.63, 3.8) is 0 Å². The summed E-state index contributed by atoms with van der Waals surface area (Å²) in [6.07, 6.45) is 7.43. The Morgan fingerprint density at radius 2 is 1.87 bits per heavy atom. The van der Waals surface area contributed by atoms with Crippen molar-refractivity contribution in [2.45, 2.75) is 63.5 Å². The molecule has 0 bridgehead atoms. The molecule has 168 valence electrons. The number of rotatable bonds is 8. The maximum atomic E-state index is 12.6. The second-order valence-electron chi connectivity index (χ2n) is 9.07. The van der Waals surface area contributed by atoms with E-state index in [9.17, 15) is 14.4 Å². The molecule has 0 aliphatic carbocycles. The van der Waals surface area contributed by atoms with Crippen LogP contribution in [-0.2, 0) is 16.0 Å². The van der Waals surface area contributed by atoms with E-state index in [0.717, 1.165) is 5.56 Å². The van der Waals surface area contributed by atoms with Crippen LogP contribution >= 0.6 is 0 Å². The molecular weight excluding hydrogens is 392 g/mol. The van der Waals surface area contributed by atoms with Crippen molar-refractivity contribution in [3.05, 3.63) is 35.9 Å². The summed E-state index contributed by atoms with van der Waals surface area (Å²) in [6, 6.07) is 9.46. The van der Waals surface area contributed by atoms with Crippen molar-refractivity contribution in [2.24, 2.45) is 5.92 Å². The lowest BCUT2D eigenvalue weighted by molar-refractivity contribution is -0.127. The lowest BCUT2D eigenvalue weighted by atomic mass is 9.83. The van der Waals surface area contributed by atoms with E-state index in [1.807, 2.05) is 30.3 Å². The molecule has 0 saturated carbocycles. The van der Waals surface area contributed by atoms with Gasteiger partial charge in [-0.05, 0) is 63.1 Å². The zero-order valence-electron chi connectivity index (χ0n) is 18.2. The summed E-state index contributed by atoms with van der Waals surface area (Å²) in [7, 11) is 0. The number of hydrogen-bond donors (Lipinski definition) is 2. The molecule has 3 heterocycles. The zero-order chi connectivity index (χ0) is 21.6. The van der Waals surface area contributed by atoms with Gasteiger partial charge in [0.1, 0.15) is 6.04 Å². The number of fused-ring (bicyclic) bond motifs is 1. The maximum Gasteiger partial charge on any atom is 0.324 e. The number of piperidine rings is 2. The number of nitrogens with one attached hydrogen (secondary N) is 2. The first-order valence-corrected chi connectivity index (χ1v) is 11.8. The first-order valence-electron chi connectivity index (χ1n) is 11.8. The summed E-state index contributed by atoms with van der Waals surface area (Å²) >= 11 is 0. The topological polar surface area (TPSA) is 81.8 Å². The molecule has 1 aromatic rings. The summed E-state index contributed by atoms with van der Waals surface area (Å²) in [4.78, 5) is 41.1. The fourth-order valence-electron chi connectivity index (χ4n) is 5.29. The third-order valence-electron chi connectivity index (χ3n) is 7.02. The van der Waals surface area contributed by atoms with Gasteiger partial charge in [-0.15, -0.1) is 0 Å². The Bertz CT molecular complexity index is 782. The van der Waals surface area contributed by atoms with Crippen LogP contribution < -0.4 is 10.6 Å². The molecule has 3 saturated heterocycles. The fourth-order valence-corrected chi connectivity index (χ4v) is 5.29. The van der Waals surface area contributed by atoms with Crippen LogP contribution in [0.1, 0.15) is 50.5 Å². The zero-order valence-corrected chi connectivity index (χ0v) is 18.2. The van der Waals surface area contributed by atoms with E-state index in [1.54, 1.807) is 0 Å². The molecule has 4 amide bonds. The van der Waals surface area contributed by atoms with Gasteiger partial charge in [-0.25, -0.2) is 4.79 Å². The predicted molar refractivity (Wildman–Crippen MR) is 118 cm³/mol. The molecule has 2 N–H and O–H groups in total. The SMILES string of the molecule is O=C(CC[C@H]1NC(=O)N(CCc2ccccc2)C1=O)NC[C@@H]1CCCN2CCCC[C@H]12. The highest BCUT2D eigenvalue weighted by molar-refractivity contribution is 6.04. The molecule has 3 atom stereocenters. The van der Waals surface area contributed by atoms with Crippen molar-refractivity contribution in [1.29, 1.82) is 0 Å². The monoisotopic (exact) mass is 426 g/mol. The number of hydrogen-bond acceptors (Lipinski definition) is 4. The quantitative estimate of drug-likeness (QED) is 0.625. The highest BCUT2D eigenvalue weighted by Gasteiger charge is 2.37. The van der Waals surface area contributed by atoms with Crippen LogP contribution in [0.3, 0.4) is 0 Å². The number of nitrogens with zero attached hydrogens (tertiary/aromatic N) is 2. The largest absolute Gasteiger partial charge is 0.356 e. The van der Waals surface area contributed by atoms with E-state index in [1.165, 1.54) is 50.1 Å². The predicted octanol–water partition coefficient (Wildman–Crippen LogP) is 2.31. The van der Waals surface area contributed by atoms with Gasteiger partial charge in [0.05, 0.1) is 0 Å². The van der Waals surface area contributed by atoms with E-state index in [-0.39, 0.29) is 24.3 Å². The van der Waals surface area contributed by atoms with E-state index in [2.05, 4.69) is 15.5 Å². The molecule has 0 aromatic heterocycles. The third-order valence-corrected chi connectivity index (χ3v) is 7.02. The average Bonchev–Trinajstić information content (AvgIpc) is 3.07. The Morgan fingerprint density at radius 1 is 1.06 bits per heavy atom. The van der Waals surface area contributed by atoms with Gasteiger partial charge in [0.15, 0.2) is 0 Å². The second kappa shape index (κ2) is 10.3. The fraction of sp³-hybridized carbons (Fsp3) is 0.625. The van der Waals surface area contributed by atoms with Gasteiger partial charge >= 0.3 is 6.03 Å². The van der Waals surface area contributed by atoms with Crippen molar-refractivity contribution < 1.29 is 14.4 Å². The number of carbonyl (C=O) groups is 3. The lowest BCUT2D eigenvalue weighted by Crippen LogP contribution is -2.51. The molecule has 0 radical (unpaired) electrons. The summed E-state index contributed by atoms with van der Waals surface area (Å²) < 4.78 is 0. The first kappa shape index (κ1) is 21.8. The molecule has 3 fully saturated rings. The van der Waals surface area contributed by atoms with E-state index < -0.39 is 6.04 Å². The van der Waals surface area contributed by atoms with Gasteiger partial charge < -0.3 is 15.5 Å². The minimum atomic E-state index is -0.600. The molecule has 31 heavy (non-hydrogen) atoms. The third kappa shape index (κ3) is 5.45. The van der Waals surface area contributed by atoms with Crippen molar-refractivity contribution in [3.8, 4) is 0 Å². The Labute approximate surface area is 184 Å². The average molecular weight is 427 g/mol. The van der Waals surface area contributed by atoms with Gasteiger partial charge in [-0.2, -0.15) is 0 Å². The normalized spacial score (nSPS) is 26.5. The van der Waals surface area contributed by atoms with Gasteiger partial charge in [0.25, 0.3) is 5.91 Å². The van der Waals surface area contributed by atoms with Crippen molar-refractivity contribution in [2.75, 3.05) is 26.2 Å². The Kier molecular flexibility index (Phi) is 7.22. The summed E-state index contributed by atoms with van der Waals surface area (Å²) in [5.41, 5.74) is 1.09. The first-order chi connectivity index (χ1) is 15.1. The van der Waals surface area contributed by atoms with E-state index >= 15 is 0 Å². The molecule has 3 aliphatic rings. The van der Waals surface area contributed by atoms with Gasteiger partial charge in [0.2, 0.25) is 5.91 Å². The number of carbonyl (C=O) groups excluding carboxylic acids is 3. The number of benzene rings is 1. The molecule has 4 rings (SSSR count). The number of amides is 4. The molecule has 1 aromatic carbocycles. The molecule has 7 heteroatoms. The van der Waals surface area contributed by atoms with Crippen LogP contribution in [0.2, 0.25) is 0 Å². The Balaban J connectivity index is 1.19. The Hall–Kier alpha value is -2.41. The summed E-state index contributed by atoms with van der Waals surface area (Å²) in [5.74, 6) is 0.274. The second-order valence-corrected chi connectivity index (χ2v) is 9.07. The van der Waals surface area contributed by atoms with Gasteiger partial charge in [-0.1, -0.05) is 36.8 Å². The smallest absolute Gasteiger partial charge is 0.324 e. The van der Waals surface area contributed by atoms with Crippen molar-refractivity contribution in [1.82, 2.24) is 20.4 Å². The lowest BCUT2D eigenvalue weighted by Gasteiger charge is -2.44. The van der Waals surface area contributed by atoms with Gasteiger partial charge in [-0.3, -0.25) is 14.5 Å². The summed E-state index contributed by atoms with van der Waals surface area (Å²) in [6.45, 7) is 3.46. The van der Waals surface area contributed by atoms with Crippen LogP contribution in [0.5, 0.6) is 0 Å². The minimum absolute atomic E-state index is 0.0299. The molecule has 7 nitrogen and oxygen atoms in total. The molecular formula is C24H34N4O3. The molecule has 0 spiro atoms. The van der Waals surface area contributed by atoms with Crippen LogP contribution in [0.25, 0.3) is 0 Å². The van der Waals surface area contributed by atoms with Crippen LogP contribution in [-0.4, -0.2) is 65.9 Å². The maximum absolute atomic E-state index is 12.6. The van der Waals surface area contributed by atoms with Gasteiger partial charge in [0, 0.05) is 25.6 Å².